The van der Waals surface area contributed by atoms with Crippen LogP contribution >= 0.6 is 0 Å². The second-order valence-electron chi connectivity index (χ2n) is 8.51. The Kier molecular flexibility index (Phi) is 6.33. The molecule has 0 aromatic carbocycles. The molecule has 0 aliphatic carbocycles. The van der Waals surface area contributed by atoms with Crippen molar-refractivity contribution >= 4 is 17.7 Å². The van der Waals surface area contributed by atoms with Gasteiger partial charge in [-0.2, -0.15) is 5.10 Å². The topological polar surface area (TPSA) is 106 Å². The zero-order valence-electron chi connectivity index (χ0n) is 17.9. The van der Waals surface area contributed by atoms with Gasteiger partial charge in [0, 0.05) is 25.1 Å². The SMILES string of the molecule is Cc1nn2c(C3CCN(C(=O)OC(C)(C)C)CC3)cc(=O)[nH]c2c1C(=O)OCC(F)F. The van der Waals surface area contributed by atoms with Crippen LogP contribution in [0.3, 0.4) is 0 Å². The molecule has 3 heterocycles. The summed E-state index contributed by atoms with van der Waals surface area (Å²) in [5.74, 6) is -1.06. The summed E-state index contributed by atoms with van der Waals surface area (Å²) in [6.45, 7) is 6.79. The maximum Gasteiger partial charge on any atom is 0.410 e. The first kappa shape index (κ1) is 22.7. The number of piperidine rings is 1. The Morgan fingerprint density at radius 1 is 1.29 bits per heavy atom. The van der Waals surface area contributed by atoms with Crippen LogP contribution in [0, 0.1) is 6.92 Å². The minimum absolute atomic E-state index is 0.0502. The van der Waals surface area contributed by atoms with Crippen LogP contribution in [0.5, 0.6) is 0 Å². The first-order chi connectivity index (χ1) is 14.5. The van der Waals surface area contributed by atoms with Crippen molar-refractivity contribution < 1.29 is 27.8 Å². The summed E-state index contributed by atoms with van der Waals surface area (Å²) in [7, 11) is 0. The van der Waals surface area contributed by atoms with E-state index in [1.54, 1.807) is 32.6 Å². The lowest BCUT2D eigenvalue weighted by Crippen LogP contribution is -2.41. The fourth-order valence-electron chi connectivity index (χ4n) is 3.61. The lowest BCUT2D eigenvalue weighted by Gasteiger charge is -2.33. The molecule has 1 saturated heterocycles. The Morgan fingerprint density at radius 2 is 1.94 bits per heavy atom. The first-order valence-electron chi connectivity index (χ1n) is 10.0. The van der Waals surface area contributed by atoms with E-state index >= 15 is 0 Å². The van der Waals surface area contributed by atoms with Crippen LogP contribution in [0.1, 0.15) is 61.3 Å². The number of hydrogen-bond donors (Lipinski definition) is 1. The van der Waals surface area contributed by atoms with E-state index in [0.29, 0.717) is 31.6 Å². The summed E-state index contributed by atoms with van der Waals surface area (Å²) in [6.07, 6.45) is -2.04. The molecule has 2 aromatic heterocycles. The maximum absolute atomic E-state index is 12.4. The third kappa shape index (κ3) is 5.20. The Bertz CT molecular complexity index is 1030. The number of carbonyl (C=O) groups is 2. The van der Waals surface area contributed by atoms with Gasteiger partial charge in [0.05, 0.1) is 11.4 Å². The first-order valence-corrected chi connectivity index (χ1v) is 10.0. The zero-order chi connectivity index (χ0) is 22.9. The van der Waals surface area contributed by atoms with Crippen molar-refractivity contribution in [3.8, 4) is 0 Å². The molecule has 31 heavy (non-hydrogen) atoms. The molecule has 1 aliphatic rings. The number of amides is 1. The highest BCUT2D eigenvalue weighted by atomic mass is 19.3. The number of alkyl halides is 2. The van der Waals surface area contributed by atoms with E-state index in [0.717, 1.165) is 0 Å². The average Bonchev–Trinajstić information content (AvgIpc) is 3.00. The number of nitrogens with one attached hydrogen (secondary N) is 1. The van der Waals surface area contributed by atoms with Crippen molar-refractivity contribution in [1.29, 1.82) is 0 Å². The minimum Gasteiger partial charge on any atom is -0.456 e. The molecule has 0 atom stereocenters. The molecular formula is C20H26F2N4O5. The molecule has 2 aromatic rings. The standard InChI is InChI=1S/C20H26F2N4O5/c1-11-16(18(28)30-10-14(21)22)17-23-15(27)9-13(26(17)24-11)12-5-7-25(8-6-12)19(29)31-20(2,3)4/h9,12,14H,5-8,10H2,1-4H3,(H,23,27). The zero-order valence-corrected chi connectivity index (χ0v) is 17.9. The summed E-state index contributed by atoms with van der Waals surface area (Å²) < 4.78 is 36.3. The number of aromatic amines is 1. The summed E-state index contributed by atoms with van der Waals surface area (Å²) in [4.78, 5) is 41.0. The lowest BCUT2D eigenvalue weighted by molar-refractivity contribution is 0.0160. The number of fused-ring (bicyclic) bond motifs is 1. The molecule has 0 unspecified atom stereocenters. The minimum atomic E-state index is -2.80. The van der Waals surface area contributed by atoms with Gasteiger partial charge in [-0.1, -0.05) is 0 Å². The van der Waals surface area contributed by atoms with Crippen LogP contribution in [0.25, 0.3) is 5.65 Å². The predicted molar refractivity (Wildman–Crippen MR) is 107 cm³/mol. The van der Waals surface area contributed by atoms with Crippen molar-refractivity contribution in [2.45, 2.75) is 58.5 Å². The molecule has 1 amide bonds. The summed E-state index contributed by atoms with van der Waals surface area (Å²) in [5.41, 5.74) is -0.138. The highest BCUT2D eigenvalue weighted by Gasteiger charge is 2.30. The predicted octanol–water partition coefficient (Wildman–Crippen LogP) is 2.87. The number of ether oxygens (including phenoxy) is 2. The molecule has 0 saturated carbocycles. The quantitative estimate of drug-likeness (QED) is 0.733. The van der Waals surface area contributed by atoms with Crippen LogP contribution in [-0.4, -0.2) is 63.3 Å². The summed E-state index contributed by atoms with van der Waals surface area (Å²) >= 11 is 0. The molecule has 9 nitrogen and oxygen atoms in total. The number of rotatable bonds is 4. The lowest BCUT2D eigenvalue weighted by atomic mass is 9.93. The van der Waals surface area contributed by atoms with E-state index in [1.165, 1.54) is 10.6 Å². The van der Waals surface area contributed by atoms with Crippen LogP contribution < -0.4 is 5.56 Å². The van der Waals surface area contributed by atoms with E-state index in [-0.39, 0.29) is 28.9 Å². The fraction of sp³-hybridized carbons (Fsp3) is 0.600. The normalized spacial score (nSPS) is 15.5. The van der Waals surface area contributed by atoms with Crippen molar-refractivity contribution in [3.63, 3.8) is 0 Å². The van der Waals surface area contributed by atoms with Gasteiger partial charge in [0.25, 0.3) is 12.0 Å². The molecule has 0 spiro atoms. The number of carbonyl (C=O) groups excluding carboxylic acids is 2. The molecule has 0 radical (unpaired) electrons. The Morgan fingerprint density at radius 3 is 2.52 bits per heavy atom. The number of aryl methyl sites for hydroxylation is 1. The van der Waals surface area contributed by atoms with E-state index in [9.17, 15) is 23.2 Å². The van der Waals surface area contributed by atoms with Gasteiger partial charge in [-0.05, 0) is 40.5 Å². The van der Waals surface area contributed by atoms with Crippen LogP contribution in [0.2, 0.25) is 0 Å². The summed E-state index contributed by atoms with van der Waals surface area (Å²) in [6, 6.07) is 1.40. The molecular weight excluding hydrogens is 414 g/mol. The molecule has 1 fully saturated rings. The average molecular weight is 440 g/mol. The number of aromatic nitrogens is 3. The van der Waals surface area contributed by atoms with Gasteiger partial charge in [0.2, 0.25) is 0 Å². The number of hydrogen-bond acceptors (Lipinski definition) is 6. The van der Waals surface area contributed by atoms with E-state index in [4.69, 9.17) is 4.74 Å². The Balaban J connectivity index is 1.84. The van der Waals surface area contributed by atoms with Crippen molar-refractivity contribution in [3.05, 3.63) is 33.4 Å². The second kappa shape index (κ2) is 8.64. The molecule has 11 heteroatoms. The van der Waals surface area contributed by atoms with Gasteiger partial charge in [-0.15, -0.1) is 0 Å². The van der Waals surface area contributed by atoms with Gasteiger partial charge < -0.3 is 19.4 Å². The number of likely N-dealkylation sites (tertiary alicyclic amines) is 1. The number of halogens is 2. The molecule has 3 rings (SSSR count). The van der Waals surface area contributed by atoms with E-state index < -0.39 is 30.2 Å². The van der Waals surface area contributed by atoms with Crippen molar-refractivity contribution in [1.82, 2.24) is 19.5 Å². The highest BCUT2D eigenvalue weighted by Crippen LogP contribution is 2.29. The third-order valence-electron chi connectivity index (χ3n) is 4.94. The number of H-pyrrole nitrogens is 1. The fourth-order valence-corrected chi connectivity index (χ4v) is 3.61. The Labute approximate surface area is 177 Å². The third-order valence-corrected chi connectivity index (χ3v) is 4.94. The van der Waals surface area contributed by atoms with E-state index in [2.05, 4.69) is 14.8 Å². The molecule has 1 aliphatic heterocycles. The number of nitrogens with zero attached hydrogens (tertiary/aromatic N) is 3. The van der Waals surface area contributed by atoms with Crippen molar-refractivity contribution in [2.24, 2.45) is 0 Å². The van der Waals surface area contributed by atoms with Gasteiger partial charge in [0.15, 0.2) is 12.3 Å². The molecule has 1 N–H and O–H groups in total. The van der Waals surface area contributed by atoms with Crippen LogP contribution in [0.15, 0.2) is 10.9 Å². The van der Waals surface area contributed by atoms with Gasteiger partial charge in [-0.25, -0.2) is 22.9 Å². The largest absolute Gasteiger partial charge is 0.456 e. The molecule has 170 valence electrons. The second-order valence-corrected chi connectivity index (χ2v) is 8.51. The van der Waals surface area contributed by atoms with E-state index in [1.807, 2.05) is 0 Å². The highest BCUT2D eigenvalue weighted by molar-refractivity contribution is 5.97. The van der Waals surface area contributed by atoms with Crippen LogP contribution in [-0.2, 0) is 9.47 Å². The molecule has 0 bridgehead atoms. The summed E-state index contributed by atoms with van der Waals surface area (Å²) in [5, 5.41) is 4.33. The van der Waals surface area contributed by atoms with Gasteiger partial charge >= 0.3 is 12.1 Å². The number of esters is 1. The monoisotopic (exact) mass is 440 g/mol. The van der Waals surface area contributed by atoms with Gasteiger partial charge in [0.1, 0.15) is 11.2 Å². The van der Waals surface area contributed by atoms with Crippen molar-refractivity contribution in [2.75, 3.05) is 19.7 Å². The maximum atomic E-state index is 12.4. The van der Waals surface area contributed by atoms with Gasteiger partial charge in [-0.3, -0.25) is 4.79 Å². The Hall–Kier alpha value is -2.98. The van der Waals surface area contributed by atoms with Crippen LogP contribution in [0.4, 0.5) is 13.6 Å². The smallest absolute Gasteiger partial charge is 0.410 e.